The fourth-order valence-corrected chi connectivity index (χ4v) is 2.84. The monoisotopic (exact) mass is 299 g/mol. The second-order valence-corrected chi connectivity index (χ2v) is 5.41. The molecule has 0 aliphatic rings. The Bertz CT molecular complexity index is 752. The van der Waals surface area contributed by atoms with Crippen LogP contribution in [-0.2, 0) is 4.74 Å². The summed E-state index contributed by atoms with van der Waals surface area (Å²) in [6, 6.07) is 7.80. The van der Waals surface area contributed by atoms with Crippen LogP contribution in [0.5, 0.6) is 0 Å². The number of carbonyl (C=O) groups excluding carboxylic acids is 1. The average molecular weight is 299 g/mol. The molecule has 0 aliphatic heterocycles. The van der Waals surface area contributed by atoms with Crippen molar-refractivity contribution in [2.45, 2.75) is 13.3 Å². The van der Waals surface area contributed by atoms with Gasteiger partial charge in [-0.1, -0.05) is 19.1 Å². The lowest BCUT2D eigenvalue weighted by Crippen LogP contribution is -2.10. The van der Waals surface area contributed by atoms with Gasteiger partial charge in [-0.25, -0.2) is 19.7 Å². The van der Waals surface area contributed by atoms with E-state index < -0.39 is 5.97 Å². The van der Waals surface area contributed by atoms with Crippen LogP contribution in [0.25, 0.3) is 20.9 Å². The van der Waals surface area contributed by atoms with Crippen LogP contribution < -0.4 is 0 Å². The van der Waals surface area contributed by atoms with Crippen molar-refractivity contribution in [3.63, 3.8) is 0 Å². The van der Waals surface area contributed by atoms with E-state index in [2.05, 4.69) is 15.0 Å². The first kappa shape index (κ1) is 13.6. The zero-order valence-corrected chi connectivity index (χ0v) is 12.3. The third-order valence-corrected chi connectivity index (χ3v) is 3.87. The summed E-state index contributed by atoms with van der Waals surface area (Å²) in [6.07, 6.45) is 3.81. The van der Waals surface area contributed by atoms with Gasteiger partial charge in [-0.15, -0.1) is 11.3 Å². The summed E-state index contributed by atoms with van der Waals surface area (Å²) >= 11 is 1.48. The minimum atomic E-state index is -0.459. The lowest BCUT2D eigenvalue weighted by molar-refractivity contribution is 0.0498. The van der Waals surface area contributed by atoms with Crippen molar-refractivity contribution in [1.82, 2.24) is 15.0 Å². The summed E-state index contributed by atoms with van der Waals surface area (Å²) in [4.78, 5) is 24.9. The maximum absolute atomic E-state index is 12.1. The van der Waals surface area contributed by atoms with Gasteiger partial charge < -0.3 is 4.74 Å². The first-order valence-corrected chi connectivity index (χ1v) is 7.45. The summed E-state index contributed by atoms with van der Waals surface area (Å²) in [5, 5.41) is 0.674. The minimum absolute atomic E-state index is 0.213. The molecular weight excluding hydrogens is 286 g/mol. The van der Waals surface area contributed by atoms with Crippen LogP contribution in [0.4, 0.5) is 0 Å². The van der Waals surface area contributed by atoms with Crippen LogP contribution in [0, 0.1) is 0 Å². The number of carbonyl (C=O) groups is 1. The SMILES string of the molecule is CCCOC(=O)c1nccnc1-c1nc2ccccc2s1. The number of esters is 1. The van der Waals surface area contributed by atoms with E-state index in [4.69, 9.17) is 4.74 Å². The average Bonchev–Trinajstić information content (AvgIpc) is 2.96. The molecule has 2 heterocycles. The van der Waals surface area contributed by atoms with Gasteiger partial charge in [0.05, 0.1) is 16.8 Å². The van der Waals surface area contributed by atoms with E-state index in [-0.39, 0.29) is 5.69 Å². The molecule has 0 unspecified atom stereocenters. The number of hydrogen-bond acceptors (Lipinski definition) is 6. The van der Waals surface area contributed by atoms with Gasteiger partial charge in [-0.3, -0.25) is 0 Å². The first-order chi connectivity index (χ1) is 10.3. The summed E-state index contributed by atoms with van der Waals surface area (Å²) < 4.78 is 6.20. The van der Waals surface area contributed by atoms with Crippen LogP contribution in [0.3, 0.4) is 0 Å². The summed E-state index contributed by atoms with van der Waals surface area (Å²) in [7, 11) is 0. The van der Waals surface area contributed by atoms with Crippen molar-refractivity contribution in [1.29, 1.82) is 0 Å². The van der Waals surface area contributed by atoms with E-state index in [1.165, 1.54) is 17.5 Å². The number of aromatic nitrogens is 3. The molecule has 0 saturated heterocycles. The highest BCUT2D eigenvalue weighted by atomic mass is 32.1. The van der Waals surface area contributed by atoms with Crippen molar-refractivity contribution in [3.8, 4) is 10.7 Å². The van der Waals surface area contributed by atoms with Crippen LogP contribution >= 0.6 is 11.3 Å². The Balaban J connectivity index is 2.03. The third-order valence-electron chi connectivity index (χ3n) is 2.83. The number of fused-ring (bicyclic) bond motifs is 1. The zero-order valence-electron chi connectivity index (χ0n) is 11.4. The van der Waals surface area contributed by atoms with Gasteiger partial charge in [-0.2, -0.15) is 0 Å². The molecule has 3 rings (SSSR count). The Morgan fingerprint density at radius 3 is 2.86 bits per heavy atom. The largest absolute Gasteiger partial charge is 0.461 e. The number of para-hydroxylation sites is 1. The van der Waals surface area contributed by atoms with Crippen LogP contribution in [0.2, 0.25) is 0 Å². The van der Waals surface area contributed by atoms with Gasteiger partial charge in [0.25, 0.3) is 0 Å². The Kier molecular flexibility index (Phi) is 3.87. The molecule has 0 atom stereocenters. The highest BCUT2D eigenvalue weighted by molar-refractivity contribution is 7.21. The molecule has 21 heavy (non-hydrogen) atoms. The molecule has 106 valence electrons. The van der Waals surface area contributed by atoms with Crippen molar-refractivity contribution in [2.75, 3.05) is 6.61 Å². The van der Waals surface area contributed by atoms with Gasteiger partial charge in [0.2, 0.25) is 0 Å². The fourth-order valence-electron chi connectivity index (χ4n) is 1.88. The molecule has 2 aromatic heterocycles. The Hall–Kier alpha value is -2.34. The smallest absolute Gasteiger partial charge is 0.359 e. The molecule has 0 saturated carbocycles. The van der Waals surface area contributed by atoms with Crippen molar-refractivity contribution in [2.24, 2.45) is 0 Å². The zero-order chi connectivity index (χ0) is 14.7. The van der Waals surface area contributed by atoms with Crippen LogP contribution in [0.1, 0.15) is 23.8 Å². The number of thiazole rings is 1. The number of ether oxygens (including phenoxy) is 1. The summed E-state index contributed by atoms with van der Waals surface area (Å²) in [5.74, 6) is -0.459. The van der Waals surface area contributed by atoms with Crippen LogP contribution in [0.15, 0.2) is 36.7 Å². The topological polar surface area (TPSA) is 65.0 Å². The standard InChI is InChI=1S/C15H13N3O2S/c1-2-9-20-15(19)13-12(16-7-8-17-13)14-18-10-5-3-4-6-11(10)21-14/h3-8H,2,9H2,1H3. The highest BCUT2D eigenvalue weighted by Gasteiger charge is 2.19. The molecule has 6 heteroatoms. The summed E-state index contributed by atoms with van der Waals surface area (Å²) in [5.41, 5.74) is 1.57. The minimum Gasteiger partial charge on any atom is -0.461 e. The van der Waals surface area contributed by atoms with Gasteiger partial charge in [-0.05, 0) is 18.6 Å². The predicted molar refractivity (Wildman–Crippen MR) is 81.2 cm³/mol. The molecule has 0 aliphatic carbocycles. The van der Waals surface area contributed by atoms with Crippen molar-refractivity contribution < 1.29 is 9.53 Å². The van der Waals surface area contributed by atoms with Gasteiger partial charge >= 0.3 is 5.97 Å². The van der Waals surface area contributed by atoms with E-state index in [9.17, 15) is 4.79 Å². The fraction of sp³-hybridized carbons (Fsp3) is 0.200. The number of benzene rings is 1. The molecule has 1 aromatic carbocycles. The van der Waals surface area contributed by atoms with Crippen molar-refractivity contribution >= 4 is 27.5 Å². The quantitative estimate of drug-likeness (QED) is 0.691. The van der Waals surface area contributed by atoms with E-state index in [0.717, 1.165) is 16.6 Å². The van der Waals surface area contributed by atoms with E-state index >= 15 is 0 Å². The first-order valence-electron chi connectivity index (χ1n) is 6.63. The molecule has 0 fully saturated rings. The predicted octanol–water partition coefficient (Wildman–Crippen LogP) is 3.32. The van der Waals surface area contributed by atoms with E-state index in [1.807, 2.05) is 31.2 Å². The maximum Gasteiger partial charge on any atom is 0.359 e. The number of rotatable bonds is 4. The summed E-state index contributed by atoms with van der Waals surface area (Å²) in [6.45, 7) is 2.31. The molecule has 5 nitrogen and oxygen atoms in total. The second kappa shape index (κ2) is 5.97. The van der Waals surface area contributed by atoms with E-state index in [0.29, 0.717) is 17.3 Å². The highest BCUT2D eigenvalue weighted by Crippen LogP contribution is 2.30. The molecule has 0 radical (unpaired) electrons. The maximum atomic E-state index is 12.1. The Morgan fingerprint density at radius 1 is 1.24 bits per heavy atom. The van der Waals surface area contributed by atoms with Gasteiger partial charge in [0.1, 0.15) is 10.7 Å². The molecule has 3 aromatic rings. The molecule has 0 bridgehead atoms. The van der Waals surface area contributed by atoms with Crippen LogP contribution in [-0.4, -0.2) is 27.5 Å². The van der Waals surface area contributed by atoms with Gasteiger partial charge in [0.15, 0.2) is 5.69 Å². The molecular formula is C15H13N3O2S. The molecule has 0 amide bonds. The van der Waals surface area contributed by atoms with Crippen molar-refractivity contribution in [3.05, 3.63) is 42.4 Å². The Morgan fingerprint density at radius 2 is 2.05 bits per heavy atom. The second-order valence-electron chi connectivity index (χ2n) is 4.38. The number of nitrogens with zero attached hydrogens (tertiary/aromatic N) is 3. The van der Waals surface area contributed by atoms with E-state index in [1.54, 1.807) is 6.20 Å². The van der Waals surface area contributed by atoms with Gasteiger partial charge in [0, 0.05) is 12.4 Å². The third kappa shape index (κ3) is 2.75. The lowest BCUT2D eigenvalue weighted by atomic mass is 10.3. The Labute approximate surface area is 125 Å². The molecule has 0 N–H and O–H groups in total. The number of hydrogen-bond donors (Lipinski definition) is 0. The normalized spacial score (nSPS) is 10.7. The molecule has 0 spiro atoms. The lowest BCUT2D eigenvalue weighted by Gasteiger charge is -2.04.